The summed E-state index contributed by atoms with van der Waals surface area (Å²) in [4.78, 5) is 0. The normalized spacial score (nSPS) is 9.71. The molecule has 0 spiro atoms. The Morgan fingerprint density at radius 1 is 0.286 bits per heavy atom. The van der Waals surface area contributed by atoms with E-state index in [-0.39, 0.29) is 5.48 Å². The van der Waals surface area contributed by atoms with E-state index in [0.717, 1.165) is 0 Å². The maximum atomic E-state index is 2.27. The molecule has 0 aliphatic carbocycles. The summed E-state index contributed by atoms with van der Waals surface area (Å²) in [5, 5.41) is 0. The summed E-state index contributed by atoms with van der Waals surface area (Å²) in [6.07, 6.45) is 22.9. The first-order valence-electron chi connectivity index (χ1n) is 9.83. The van der Waals surface area contributed by atoms with Crippen molar-refractivity contribution in [2.75, 3.05) is 0 Å². The molecule has 0 heterocycles. The van der Waals surface area contributed by atoms with Gasteiger partial charge in [0.15, 0.2) is 0 Å². The fraction of sp³-hybridized carbons (Fsp3) is 1.00. The lowest BCUT2D eigenvalue weighted by molar-refractivity contribution is 0.585. The van der Waals surface area contributed by atoms with Crippen molar-refractivity contribution in [3.05, 3.63) is 0 Å². The van der Waals surface area contributed by atoms with Crippen LogP contribution in [0.4, 0.5) is 0 Å². The second kappa shape index (κ2) is 28.2. The molecule has 132 valence electrons. The average molecular weight is 303 g/mol. The summed E-state index contributed by atoms with van der Waals surface area (Å²) >= 11 is 0. The van der Waals surface area contributed by atoms with Crippen molar-refractivity contribution in [1.29, 1.82) is 0 Å². The van der Waals surface area contributed by atoms with Gasteiger partial charge in [0.05, 0.1) is 0 Å². The highest BCUT2D eigenvalue weighted by molar-refractivity contribution is 4.44. The van der Waals surface area contributed by atoms with Gasteiger partial charge in [0.25, 0.3) is 0 Å². The molecule has 1 nitrogen and oxygen atoms in total. The molecule has 0 aromatic heterocycles. The number of unbranched alkanes of at least 4 members (excludes halogenated alkanes) is 14. The van der Waals surface area contributed by atoms with Crippen LogP contribution in [0.2, 0.25) is 0 Å². The number of hydrogen-bond donors (Lipinski definition) is 0. The number of rotatable bonds is 14. The first kappa shape index (κ1) is 25.9. The molecule has 0 amide bonds. The van der Waals surface area contributed by atoms with E-state index in [1.807, 2.05) is 0 Å². The van der Waals surface area contributed by atoms with E-state index in [1.165, 1.54) is 103 Å². The molecule has 1 heteroatoms. The summed E-state index contributed by atoms with van der Waals surface area (Å²) in [6, 6.07) is 0. The topological polar surface area (TPSA) is 31.5 Å². The highest BCUT2D eigenvalue weighted by Gasteiger charge is 1.88. The Bertz CT molecular complexity index is 102. The van der Waals surface area contributed by atoms with Gasteiger partial charge in [-0.1, -0.05) is 130 Å². The Morgan fingerprint density at radius 2 is 0.429 bits per heavy atom. The van der Waals surface area contributed by atoms with Crippen molar-refractivity contribution < 1.29 is 5.48 Å². The Morgan fingerprint density at radius 3 is 0.571 bits per heavy atom. The van der Waals surface area contributed by atoms with Gasteiger partial charge >= 0.3 is 0 Å². The van der Waals surface area contributed by atoms with Crippen LogP contribution in [-0.4, -0.2) is 5.48 Å². The van der Waals surface area contributed by atoms with Crippen LogP contribution >= 0.6 is 0 Å². The maximum Gasteiger partial charge on any atom is -0.0533 e. The van der Waals surface area contributed by atoms with Crippen molar-refractivity contribution >= 4 is 0 Å². The molecule has 0 saturated carbocycles. The maximum absolute atomic E-state index is 2.27. The van der Waals surface area contributed by atoms with E-state index in [2.05, 4.69) is 27.7 Å². The van der Waals surface area contributed by atoms with Gasteiger partial charge in [-0.25, -0.2) is 0 Å². The predicted octanol–water partition coefficient (Wildman–Crippen LogP) is 7.47. The smallest absolute Gasteiger partial charge is 0.0533 e. The lowest BCUT2D eigenvalue weighted by Crippen LogP contribution is -1.77. The molecule has 21 heavy (non-hydrogen) atoms. The molecule has 0 atom stereocenters. The summed E-state index contributed by atoms with van der Waals surface area (Å²) in [5.74, 6) is 0. The molecule has 0 aromatic carbocycles. The molecule has 0 radical (unpaired) electrons. The van der Waals surface area contributed by atoms with Crippen molar-refractivity contribution in [3.63, 3.8) is 0 Å². The van der Waals surface area contributed by atoms with E-state index in [4.69, 9.17) is 0 Å². The first-order valence-corrected chi connectivity index (χ1v) is 9.83. The Hall–Kier alpha value is -0.0400. The van der Waals surface area contributed by atoms with Crippen LogP contribution in [0, 0.1) is 0 Å². The lowest BCUT2D eigenvalue weighted by Gasteiger charge is -1.97. The molecular weight excluding hydrogens is 256 g/mol. The molecule has 0 saturated heterocycles. The highest BCUT2D eigenvalue weighted by Crippen LogP contribution is 2.08. The molecule has 0 rings (SSSR count). The largest absolute Gasteiger partial charge is 0.412 e. The second-order valence-corrected chi connectivity index (χ2v) is 6.24. The zero-order valence-electron chi connectivity index (χ0n) is 15.8. The standard InChI is InChI=1S/2C10H22.H2O/c2*1-3-5-7-9-10-8-6-4-2;/h2*3-10H2,1-2H3;1H2. The van der Waals surface area contributed by atoms with Gasteiger partial charge in [-0.2, -0.15) is 0 Å². The molecule has 0 unspecified atom stereocenters. The minimum Gasteiger partial charge on any atom is -0.412 e. The zero-order valence-corrected chi connectivity index (χ0v) is 15.8. The van der Waals surface area contributed by atoms with E-state index in [1.54, 1.807) is 0 Å². The third-order valence-corrected chi connectivity index (χ3v) is 3.91. The first-order chi connectivity index (χ1) is 9.83. The van der Waals surface area contributed by atoms with E-state index in [0.29, 0.717) is 0 Å². The summed E-state index contributed by atoms with van der Waals surface area (Å²) < 4.78 is 0. The molecule has 2 N–H and O–H groups in total. The predicted molar refractivity (Wildman–Crippen MR) is 100 cm³/mol. The Balaban J connectivity index is -0.000000295. The summed E-state index contributed by atoms with van der Waals surface area (Å²) in [7, 11) is 0. The van der Waals surface area contributed by atoms with Crippen LogP contribution in [0.1, 0.15) is 130 Å². The van der Waals surface area contributed by atoms with Crippen LogP contribution < -0.4 is 0 Å². The average Bonchev–Trinajstić information content (AvgIpc) is 2.47. The molecule has 0 aliphatic rings. The van der Waals surface area contributed by atoms with Gasteiger partial charge in [-0.05, 0) is 0 Å². The van der Waals surface area contributed by atoms with Crippen LogP contribution in [0.5, 0.6) is 0 Å². The van der Waals surface area contributed by atoms with Gasteiger partial charge in [0, 0.05) is 0 Å². The van der Waals surface area contributed by atoms with Crippen LogP contribution in [0.25, 0.3) is 0 Å². The summed E-state index contributed by atoms with van der Waals surface area (Å²) in [6.45, 7) is 9.08. The minimum absolute atomic E-state index is 0. The fourth-order valence-corrected chi connectivity index (χ4v) is 2.41. The van der Waals surface area contributed by atoms with Crippen molar-refractivity contribution in [2.45, 2.75) is 130 Å². The SMILES string of the molecule is CCCCCCCCCC.CCCCCCCCCC.O. The molecule has 0 bridgehead atoms. The molecule has 0 aliphatic heterocycles. The second-order valence-electron chi connectivity index (χ2n) is 6.24. The fourth-order valence-electron chi connectivity index (χ4n) is 2.41. The van der Waals surface area contributed by atoms with Crippen LogP contribution in [0.3, 0.4) is 0 Å². The van der Waals surface area contributed by atoms with Crippen LogP contribution in [-0.2, 0) is 0 Å². The summed E-state index contributed by atoms with van der Waals surface area (Å²) in [5.41, 5.74) is 0. The number of hydrogen-bond acceptors (Lipinski definition) is 0. The van der Waals surface area contributed by atoms with E-state index >= 15 is 0 Å². The van der Waals surface area contributed by atoms with Gasteiger partial charge in [0.1, 0.15) is 0 Å². The van der Waals surface area contributed by atoms with Gasteiger partial charge in [0.2, 0.25) is 0 Å². The van der Waals surface area contributed by atoms with Gasteiger partial charge < -0.3 is 5.48 Å². The van der Waals surface area contributed by atoms with Crippen molar-refractivity contribution in [2.24, 2.45) is 0 Å². The van der Waals surface area contributed by atoms with Crippen molar-refractivity contribution in [3.8, 4) is 0 Å². The van der Waals surface area contributed by atoms with Crippen molar-refractivity contribution in [1.82, 2.24) is 0 Å². The van der Waals surface area contributed by atoms with E-state index in [9.17, 15) is 0 Å². The zero-order chi connectivity index (χ0) is 15.3. The quantitative estimate of drug-likeness (QED) is 0.298. The third kappa shape index (κ3) is 33.0. The molecular formula is C20H46O. The molecule has 0 fully saturated rings. The third-order valence-electron chi connectivity index (χ3n) is 3.91. The minimum atomic E-state index is 0. The lowest BCUT2D eigenvalue weighted by atomic mass is 10.1. The molecule has 0 aromatic rings. The Labute approximate surface area is 136 Å². The van der Waals surface area contributed by atoms with Gasteiger partial charge in [-0.15, -0.1) is 0 Å². The monoisotopic (exact) mass is 302 g/mol. The van der Waals surface area contributed by atoms with Gasteiger partial charge in [-0.3, -0.25) is 0 Å². The Kier molecular flexibility index (Phi) is 34.7. The van der Waals surface area contributed by atoms with Crippen LogP contribution in [0.15, 0.2) is 0 Å². The van der Waals surface area contributed by atoms with E-state index < -0.39 is 0 Å². The highest BCUT2D eigenvalue weighted by atomic mass is 16.0.